The van der Waals surface area contributed by atoms with Crippen molar-refractivity contribution < 1.29 is 0 Å². The molecule has 0 saturated carbocycles. The molecule has 1 aromatic rings. The lowest BCUT2D eigenvalue weighted by Gasteiger charge is -1.91. The van der Waals surface area contributed by atoms with E-state index in [0.29, 0.717) is 11.4 Å². The molecule has 14 heavy (non-hydrogen) atoms. The van der Waals surface area contributed by atoms with Crippen LogP contribution in [0.5, 0.6) is 0 Å². The molecule has 0 bridgehead atoms. The van der Waals surface area contributed by atoms with Crippen molar-refractivity contribution in [2.45, 2.75) is 0 Å². The number of pyridine rings is 1. The van der Waals surface area contributed by atoms with Crippen LogP contribution in [0.2, 0.25) is 0 Å². The quantitative estimate of drug-likeness (QED) is 0.411. The summed E-state index contributed by atoms with van der Waals surface area (Å²) < 4.78 is 0. The predicted molar refractivity (Wildman–Crippen MR) is 52.0 cm³/mol. The average Bonchev–Trinajstić information content (AvgIpc) is 2.25. The Morgan fingerprint density at radius 2 is 2.50 bits per heavy atom. The maximum atomic E-state index is 8.57. The van der Waals surface area contributed by atoms with Gasteiger partial charge in [-0.05, 0) is 23.7 Å². The van der Waals surface area contributed by atoms with Gasteiger partial charge in [-0.1, -0.05) is 17.3 Å². The van der Waals surface area contributed by atoms with E-state index >= 15 is 0 Å². The molecular weight excluding hydrogens is 178 g/mol. The Labute approximate surface area is 80.9 Å². The fraction of sp³-hybridized carbons (Fsp3) is 0.111. The number of nitrogens with zero attached hydrogens (tertiary/aromatic N) is 5. The summed E-state index contributed by atoms with van der Waals surface area (Å²) in [5.41, 5.74) is 9.06. The minimum Gasteiger partial charge on any atom is -0.238 e. The second-order valence-corrected chi connectivity index (χ2v) is 2.38. The van der Waals surface area contributed by atoms with Crippen molar-refractivity contribution in [2.24, 2.45) is 5.11 Å². The van der Waals surface area contributed by atoms with Crippen LogP contribution in [0.4, 0.5) is 0 Å². The summed E-state index contributed by atoms with van der Waals surface area (Å²) in [6.07, 6.45) is 3.39. The van der Waals surface area contributed by atoms with Crippen LogP contribution in [0.1, 0.15) is 11.4 Å². The highest BCUT2D eigenvalue weighted by Crippen LogP contribution is 2.00. The lowest BCUT2D eigenvalue weighted by Crippen LogP contribution is -1.84. The van der Waals surface area contributed by atoms with E-state index in [1.165, 1.54) is 0 Å². The van der Waals surface area contributed by atoms with Crippen LogP contribution < -0.4 is 0 Å². The highest BCUT2D eigenvalue weighted by atomic mass is 15.1. The van der Waals surface area contributed by atoms with Crippen molar-refractivity contribution >= 4 is 6.08 Å². The molecule has 1 rings (SSSR count). The fourth-order valence-corrected chi connectivity index (χ4v) is 0.864. The Morgan fingerprint density at radius 1 is 1.64 bits per heavy atom. The van der Waals surface area contributed by atoms with E-state index in [2.05, 4.69) is 15.0 Å². The van der Waals surface area contributed by atoms with E-state index < -0.39 is 0 Å². The molecule has 0 aliphatic rings. The molecule has 0 amide bonds. The lowest BCUT2D eigenvalue weighted by molar-refractivity contribution is 1.20. The van der Waals surface area contributed by atoms with Gasteiger partial charge in [0, 0.05) is 11.5 Å². The van der Waals surface area contributed by atoms with E-state index in [9.17, 15) is 0 Å². The predicted octanol–water partition coefficient (Wildman–Crippen LogP) is 2.28. The van der Waals surface area contributed by atoms with Gasteiger partial charge in [0.2, 0.25) is 0 Å². The number of nitriles is 1. The minimum atomic E-state index is 0.287. The molecule has 0 spiro atoms. The van der Waals surface area contributed by atoms with Crippen LogP contribution in [0.25, 0.3) is 16.5 Å². The van der Waals surface area contributed by atoms with Gasteiger partial charge in [0.25, 0.3) is 0 Å². The highest BCUT2D eigenvalue weighted by Gasteiger charge is 1.91. The van der Waals surface area contributed by atoms with Gasteiger partial charge in [-0.15, -0.1) is 0 Å². The molecule has 0 radical (unpaired) electrons. The third kappa shape index (κ3) is 2.97. The molecule has 0 N–H and O–H groups in total. The first kappa shape index (κ1) is 9.78. The molecule has 0 aromatic carbocycles. The van der Waals surface area contributed by atoms with E-state index in [1.807, 2.05) is 6.07 Å². The topological polar surface area (TPSA) is 85.4 Å². The maximum Gasteiger partial charge on any atom is 0.141 e. The summed E-state index contributed by atoms with van der Waals surface area (Å²) in [6, 6.07) is 7.09. The third-order valence-corrected chi connectivity index (χ3v) is 1.42. The molecular formula is C9H7N5. The molecule has 0 saturated heterocycles. The van der Waals surface area contributed by atoms with E-state index in [1.54, 1.807) is 30.4 Å². The lowest BCUT2D eigenvalue weighted by atomic mass is 10.3. The monoisotopic (exact) mass is 185 g/mol. The molecule has 1 heterocycles. The normalized spacial score (nSPS) is 9.36. The first-order chi connectivity index (χ1) is 6.86. The summed E-state index contributed by atoms with van der Waals surface area (Å²) in [5.74, 6) is 0. The van der Waals surface area contributed by atoms with E-state index in [4.69, 9.17) is 10.8 Å². The Kier molecular flexibility index (Phi) is 3.74. The Morgan fingerprint density at radius 3 is 3.21 bits per heavy atom. The zero-order valence-electron chi connectivity index (χ0n) is 7.33. The second kappa shape index (κ2) is 5.36. The maximum absolute atomic E-state index is 8.57. The molecule has 5 heteroatoms. The van der Waals surface area contributed by atoms with E-state index in [-0.39, 0.29) is 6.54 Å². The summed E-state index contributed by atoms with van der Waals surface area (Å²) in [6.45, 7) is 0.287. The van der Waals surface area contributed by atoms with Crippen molar-refractivity contribution in [1.82, 2.24) is 4.98 Å². The fourth-order valence-electron chi connectivity index (χ4n) is 0.864. The SMILES string of the molecule is N#Cc1cccc(C=CCN=[N+]=[N-])n1. The molecule has 0 unspecified atom stereocenters. The van der Waals surface area contributed by atoms with Crippen molar-refractivity contribution in [3.63, 3.8) is 0 Å². The third-order valence-electron chi connectivity index (χ3n) is 1.42. The summed E-state index contributed by atoms with van der Waals surface area (Å²) >= 11 is 0. The van der Waals surface area contributed by atoms with Gasteiger partial charge in [0.15, 0.2) is 0 Å². The first-order valence-corrected chi connectivity index (χ1v) is 3.91. The van der Waals surface area contributed by atoms with Gasteiger partial charge in [-0.3, -0.25) is 0 Å². The van der Waals surface area contributed by atoms with Gasteiger partial charge in [0.05, 0.1) is 5.69 Å². The van der Waals surface area contributed by atoms with Crippen LogP contribution in [0.3, 0.4) is 0 Å². The molecule has 68 valence electrons. The van der Waals surface area contributed by atoms with Crippen LogP contribution >= 0.6 is 0 Å². The van der Waals surface area contributed by atoms with Crippen molar-refractivity contribution in [3.8, 4) is 6.07 Å². The standard InChI is InChI=1S/C9H7N5/c10-7-9-4-1-3-8(13-9)5-2-6-12-14-11/h1-5H,6H2. The smallest absolute Gasteiger partial charge is 0.141 e. The second-order valence-electron chi connectivity index (χ2n) is 2.38. The van der Waals surface area contributed by atoms with Gasteiger partial charge >= 0.3 is 0 Å². The van der Waals surface area contributed by atoms with Crippen LogP contribution in [-0.2, 0) is 0 Å². The summed E-state index contributed by atoms with van der Waals surface area (Å²) in [7, 11) is 0. The van der Waals surface area contributed by atoms with Crippen LogP contribution in [-0.4, -0.2) is 11.5 Å². The molecule has 0 fully saturated rings. The van der Waals surface area contributed by atoms with Gasteiger partial charge in [-0.25, -0.2) is 4.98 Å². The van der Waals surface area contributed by atoms with Crippen molar-refractivity contribution in [3.05, 3.63) is 46.1 Å². The largest absolute Gasteiger partial charge is 0.238 e. The number of rotatable bonds is 3. The number of hydrogen-bond acceptors (Lipinski definition) is 3. The Bertz CT molecular complexity index is 423. The highest BCUT2D eigenvalue weighted by molar-refractivity contribution is 5.45. The van der Waals surface area contributed by atoms with E-state index in [0.717, 1.165) is 0 Å². The Balaban J connectivity index is 2.72. The zero-order chi connectivity index (χ0) is 10.2. The van der Waals surface area contributed by atoms with Crippen molar-refractivity contribution in [2.75, 3.05) is 6.54 Å². The molecule has 0 atom stereocenters. The number of aromatic nitrogens is 1. The van der Waals surface area contributed by atoms with Gasteiger partial charge in [-0.2, -0.15) is 5.26 Å². The van der Waals surface area contributed by atoms with Crippen LogP contribution in [0, 0.1) is 11.3 Å². The number of azide groups is 1. The molecule has 0 aliphatic heterocycles. The minimum absolute atomic E-state index is 0.287. The van der Waals surface area contributed by atoms with Gasteiger partial charge < -0.3 is 0 Å². The first-order valence-electron chi connectivity index (χ1n) is 3.91. The van der Waals surface area contributed by atoms with Crippen molar-refractivity contribution in [1.29, 1.82) is 5.26 Å². The zero-order valence-corrected chi connectivity index (χ0v) is 7.33. The summed E-state index contributed by atoms with van der Waals surface area (Å²) in [5, 5.41) is 11.9. The number of hydrogen-bond donors (Lipinski definition) is 0. The van der Waals surface area contributed by atoms with Gasteiger partial charge in [0.1, 0.15) is 11.8 Å². The molecule has 5 nitrogen and oxygen atoms in total. The Hall–Kier alpha value is -2.31. The molecule has 1 aromatic heterocycles. The molecule has 0 aliphatic carbocycles. The summed E-state index contributed by atoms with van der Waals surface area (Å²) in [4.78, 5) is 6.61. The van der Waals surface area contributed by atoms with Crippen LogP contribution in [0.15, 0.2) is 29.4 Å². The average molecular weight is 185 g/mol.